The summed E-state index contributed by atoms with van der Waals surface area (Å²) in [6.45, 7) is -0.116. The molecule has 5 nitrogen and oxygen atoms in total. The molecule has 1 aromatic carbocycles. The van der Waals surface area contributed by atoms with Crippen LogP contribution in [0, 0.1) is 11.6 Å². The lowest BCUT2D eigenvalue weighted by Crippen LogP contribution is -2.51. The third-order valence-corrected chi connectivity index (χ3v) is 2.99. The molecule has 102 valence electrons. The second kappa shape index (κ2) is 4.93. The topological polar surface area (TPSA) is 78.4 Å². The first-order valence-electron chi connectivity index (χ1n) is 5.67. The fourth-order valence-electron chi connectivity index (χ4n) is 1.84. The summed E-state index contributed by atoms with van der Waals surface area (Å²) in [6.07, 6.45) is -0.0523. The van der Waals surface area contributed by atoms with Crippen molar-refractivity contribution in [2.75, 3.05) is 6.54 Å². The lowest BCUT2D eigenvalue weighted by Gasteiger charge is -2.18. The maximum atomic E-state index is 13.3. The highest BCUT2D eigenvalue weighted by atomic mass is 19.2. The Hall–Kier alpha value is -2.02. The first kappa shape index (κ1) is 13.4. The largest absolute Gasteiger partial charge is 0.372 e. The third kappa shape index (κ3) is 2.41. The monoisotopic (exact) mass is 270 g/mol. The number of hydrogen-bond acceptors (Lipinski definition) is 3. The molecular weight excluding hydrogens is 258 g/mol. The summed E-state index contributed by atoms with van der Waals surface area (Å²) in [5.41, 5.74) is -2.19. The van der Waals surface area contributed by atoms with Crippen LogP contribution in [0.1, 0.15) is 12.0 Å². The van der Waals surface area contributed by atoms with Gasteiger partial charge in [0, 0.05) is 25.1 Å². The van der Waals surface area contributed by atoms with Gasteiger partial charge >= 0.3 is 0 Å². The zero-order valence-electron chi connectivity index (χ0n) is 9.87. The smallest absolute Gasteiger partial charge is 0.262 e. The Kier molecular flexibility index (Phi) is 3.48. The molecule has 19 heavy (non-hydrogen) atoms. The molecule has 1 unspecified atom stereocenters. The van der Waals surface area contributed by atoms with Crippen LogP contribution in [0.15, 0.2) is 18.2 Å². The molecule has 2 amide bonds. The number of carbonyl (C=O) groups is 2. The quantitative estimate of drug-likeness (QED) is 0.667. The van der Waals surface area contributed by atoms with Gasteiger partial charge in [0.2, 0.25) is 5.60 Å². The molecule has 1 heterocycles. The number of benzene rings is 1. The van der Waals surface area contributed by atoms with Crippen LogP contribution in [0.25, 0.3) is 0 Å². The maximum Gasteiger partial charge on any atom is 0.262 e. The van der Waals surface area contributed by atoms with E-state index in [0.29, 0.717) is 0 Å². The SMILES string of the molecule is O=C1NCCC1(O)C(=O)NCc1cccc(F)c1F. The van der Waals surface area contributed by atoms with Crippen molar-refractivity contribution in [3.05, 3.63) is 35.4 Å². The van der Waals surface area contributed by atoms with Crippen molar-refractivity contribution >= 4 is 11.8 Å². The summed E-state index contributed by atoms with van der Waals surface area (Å²) in [5.74, 6) is -3.80. The van der Waals surface area contributed by atoms with Gasteiger partial charge in [-0.3, -0.25) is 9.59 Å². The normalized spacial score (nSPS) is 22.2. The van der Waals surface area contributed by atoms with Crippen LogP contribution in [-0.2, 0) is 16.1 Å². The average Bonchev–Trinajstić information content (AvgIpc) is 2.72. The molecule has 7 heteroatoms. The molecule has 1 aromatic rings. The Labute approximate surface area is 107 Å². The molecule has 0 aliphatic carbocycles. The fourth-order valence-corrected chi connectivity index (χ4v) is 1.84. The van der Waals surface area contributed by atoms with E-state index in [0.717, 1.165) is 6.07 Å². The van der Waals surface area contributed by atoms with Crippen LogP contribution in [0.3, 0.4) is 0 Å². The number of nitrogens with one attached hydrogen (secondary N) is 2. The average molecular weight is 270 g/mol. The highest BCUT2D eigenvalue weighted by molar-refractivity contribution is 6.09. The summed E-state index contributed by atoms with van der Waals surface area (Å²) in [7, 11) is 0. The maximum absolute atomic E-state index is 13.3. The number of hydrogen-bond donors (Lipinski definition) is 3. The zero-order valence-corrected chi connectivity index (χ0v) is 9.87. The molecule has 0 spiro atoms. The number of carbonyl (C=O) groups excluding carboxylic acids is 2. The molecule has 0 aromatic heterocycles. The van der Waals surface area contributed by atoms with Gasteiger partial charge in [-0.2, -0.15) is 0 Å². The predicted octanol–water partition coefficient (Wildman–Crippen LogP) is -0.168. The highest BCUT2D eigenvalue weighted by Gasteiger charge is 2.47. The van der Waals surface area contributed by atoms with E-state index < -0.39 is 29.0 Å². The standard InChI is InChI=1S/C12H12F2N2O3/c13-8-3-1-2-7(9(8)14)6-16-11(18)12(19)4-5-15-10(12)17/h1-3,19H,4-6H2,(H,15,17)(H,16,18). The molecule has 1 saturated heterocycles. The number of amides is 2. The van der Waals surface area contributed by atoms with E-state index in [1.165, 1.54) is 12.1 Å². The lowest BCUT2D eigenvalue weighted by atomic mass is 10.0. The van der Waals surface area contributed by atoms with Crippen LogP contribution in [0.4, 0.5) is 8.78 Å². The molecule has 1 aliphatic rings. The van der Waals surface area contributed by atoms with E-state index in [1.807, 2.05) is 0 Å². The van der Waals surface area contributed by atoms with Crippen molar-refractivity contribution in [2.24, 2.45) is 0 Å². The van der Waals surface area contributed by atoms with E-state index in [9.17, 15) is 23.5 Å². The van der Waals surface area contributed by atoms with E-state index >= 15 is 0 Å². The van der Waals surface area contributed by atoms with Gasteiger partial charge in [-0.15, -0.1) is 0 Å². The summed E-state index contributed by atoms with van der Waals surface area (Å²) < 4.78 is 26.3. The molecular formula is C12H12F2N2O3. The van der Waals surface area contributed by atoms with Crippen molar-refractivity contribution in [1.82, 2.24) is 10.6 Å². The van der Waals surface area contributed by atoms with Gasteiger partial charge in [-0.25, -0.2) is 8.78 Å². The van der Waals surface area contributed by atoms with Crippen molar-refractivity contribution < 1.29 is 23.5 Å². The fraction of sp³-hybridized carbons (Fsp3) is 0.333. The molecule has 0 saturated carbocycles. The van der Waals surface area contributed by atoms with E-state index in [-0.39, 0.29) is 25.1 Å². The van der Waals surface area contributed by atoms with Gasteiger partial charge < -0.3 is 15.7 Å². The van der Waals surface area contributed by atoms with Crippen LogP contribution in [0.5, 0.6) is 0 Å². The van der Waals surface area contributed by atoms with Crippen LogP contribution in [-0.4, -0.2) is 29.1 Å². The van der Waals surface area contributed by atoms with Gasteiger partial charge in [0.15, 0.2) is 11.6 Å². The van der Waals surface area contributed by atoms with Gasteiger partial charge in [-0.1, -0.05) is 12.1 Å². The first-order chi connectivity index (χ1) is 8.95. The predicted molar refractivity (Wildman–Crippen MR) is 60.8 cm³/mol. The van der Waals surface area contributed by atoms with Crippen LogP contribution < -0.4 is 10.6 Å². The Morgan fingerprint density at radius 2 is 2.21 bits per heavy atom. The van der Waals surface area contributed by atoms with Crippen molar-refractivity contribution in [1.29, 1.82) is 0 Å². The van der Waals surface area contributed by atoms with Gasteiger partial charge in [0.05, 0.1) is 0 Å². The summed E-state index contributed by atoms with van der Waals surface area (Å²) in [6, 6.07) is 3.56. The summed E-state index contributed by atoms with van der Waals surface area (Å²) >= 11 is 0. The van der Waals surface area contributed by atoms with Gasteiger partial charge in [-0.05, 0) is 6.07 Å². The second-order valence-electron chi connectivity index (χ2n) is 4.26. The Morgan fingerprint density at radius 1 is 1.47 bits per heavy atom. The van der Waals surface area contributed by atoms with Crippen molar-refractivity contribution in [3.8, 4) is 0 Å². The molecule has 2 rings (SSSR count). The summed E-state index contributed by atoms with van der Waals surface area (Å²) in [5, 5.41) is 14.4. The second-order valence-corrected chi connectivity index (χ2v) is 4.26. The lowest BCUT2D eigenvalue weighted by molar-refractivity contribution is -0.150. The Morgan fingerprint density at radius 3 is 2.84 bits per heavy atom. The Balaban J connectivity index is 2.05. The molecule has 1 atom stereocenters. The van der Waals surface area contributed by atoms with E-state index in [2.05, 4.69) is 10.6 Å². The zero-order chi connectivity index (χ0) is 14.0. The molecule has 0 radical (unpaired) electrons. The minimum atomic E-state index is -2.14. The van der Waals surface area contributed by atoms with Gasteiger partial charge in [0.1, 0.15) is 0 Å². The van der Waals surface area contributed by atoms with E-state index in [4.69, 9.17) is 0 Å². The molecule has 3 N–H and O–H groups in total. The molecule has 1 fully saturated rings. The number of aliphatic hydroxyl groups is 1. The third-order valence-electron chi connectivity index (χ3n) is 2.99. The van der Waals surface area contributed by atoms with Crippen molar-refractivity contribution in [3.63, 3.8) is 0 Å². The minimum absolute atomic E-state index is 0.0523. The van der Waals surface area contributed by atoms with Crippen molar-refractivity contribution in [2.45, 2.75) is 18.6 Å². The first-order valence-corrected chi connectivity index (χ1v) is 5.67. The Bertz CT molecular complexity index is 536. The molecule has 1 aliphatic heterocycles. The summed E-state index contributed by atoms with van der Waals surface area (Å²) in [4.78, 5) is 23.0. The van der Waals surface area contributed by atoms with E-state index in [1.54, 1.807) is 0 Å². The molecule has 0 bridgehead atoms. The van der Waals surface area contributed by atoms with Gasteiger partial charge in [0.25, 0.3) is 11.8 Å². The number of rotatable bonds is 3. The number of halogens is 2. The van der Waals surface area contributed by atoms with Crippen LogP contribution in [0.2, 0.25) is 0 Å². The minimum Gasteiger partial charge on any atom is -0.372 e. The highest BCUT2D eigenvalue weighted by Crippen LogP contribution is 2.17. The van der Waals surface area contributed by atoms with Crippen LogP contribution >= 0.6 is 0 Å².